The van der Waals surface area contributed by atoms with Crippen molar-refractivity contribution >= 4 is 33.7 Å². The maximum absolute atomic E-state index is 13.2. The van der Waals surface area contributed by atoms with Crippen LogP contribution in [0, 0.1) is 11.6 Å². The van der Waals surface area contributed by atoms with Crippen molar-refractivity contribution in [2.75, 3.05) is 6.54 Å². The molecule has 3 aromatic carbocycles. The Kier molecular flexibility index (Phi) is 7.68. The second kappa shape index (κ2) is 10.4. The molecule has 6 nitrogen and oxygen atoms in total. The van der Waals surface area contributed by atoms with Gasteiger partial charge >= 0.3 is 0 Å². The van der Waals surface area contributed by atoms with Crippen molar-refractivity contribution in [3.63, 3.8) is 0 Å². The van der Waals surface area contributed by atoms with Crippen molar-refractivity contribution in [1.82, 2.24) is 9.73 Å². The average molecular weight is 478 g/mol. The van der Waals surface area contributed by atoms with Gasteiger partial charge in [0.05, 0.1) is 17.7 Å². The lowest BCUT2D eigenvalue weighted by Crippen LogP contribution is -2.39. The van der Waals surface area contributed by atoms with Gasteiger partial charge in [-0.25, -0.2) is 22.6 Å². The first-order valence-corrected chi connectivity index (χ1v) is 11.1. The first-order valence-electron chi connectivity index (χ1n) is 9.32. The largest absolute Gasteiger partial charge is 0.272 e. The van der Waals surface area contributed by atoms with Gasteiger partial charge in [-0.2, -0.15) is 9.41 Å². The van der Waals surface area contributed by atoms with Crippen LogP contribution >= 0.6 is 11.6 Å². The van der Waals surface area contributed by atoms with Crippen molar-refractivity contribution in [2.24, 2.45) is 5.10 Å². The third-order valence-corrected chi connectivity index (χ3v) is 6.35. The van der Waals surface area contributed by atoms with Gasteiger partial charge in [-0.15, -0.1) is 0 Å². The van der Waals surface area contributed by atoms with E-state index in [2.05, 4.69) is 10.5 Å². The Morgan fingerprint density at radius 2 is 1.69 bits per heavy atom. The summed E-state index contributed by atoms with van der Waals surface area (Å²) >= 11 is 5.84. The Labute approximate surface area is 189 Å². The maximum atomic E-state index is 13.2. The van der Waals surface area contributed by atoms with Gasteiger partial charge in [-0.1, -0.05) is 35.9 Å². The van der Waals surface area contributed by atoms with Crippen molar-refractivity contribution in [3.8, 4) is 0 Å². The number of nitrogens with one attached hydrogen (secondary N) is 1. The number of hydrogen-bond donors (Lipinski definition) is 1. The molecular formula is C22H18ClF2N3O3S. The van der Waals surface area contributed by atoms with Gasteiger partial charge in [0.25, 0.3) is 5.91 Å². The zero-order valence-corrected chi connectivity index (χ0v) is 18.2. The molecule has 166 valence electrons. The fraction of sp³-hybridized carbons (Fsp3) is 0.0909. The molecule has 0 aromatic heterocycles. The van der Waals surface area contributed by atoms with Crippen LogP contribution in [-0.2, 0) is 21.4 Å². The Morgan fingerprint density at radius 3 is 2.34 bits per heavy atom. The minimum Gasteiger partial charge on any atom is -0.272 e. The summed E-state index contributed by atoms with van der Waals surface area (Å²) in [6, 6.07) is 16.3. The summed E-state index contributed by atoms with van der Waals surface area (Å²) in [6.07, 6.45) is 1.24. The third kappa shape index (κ3) is 6.43. The van der Waals surface area contributed by atoms with Gasteiger partial charge in [-0.05, 0) is 59.7 Å². The van der Waals surface area contributed by atoms with Gasteiger partial charge < -0.3 is 0 Å². The predicted octanol–water partition coefficient (Wildman–Crippen LogP) is 3.96. The number of sulfonamides is 1. The standard InChI is InChI=1S/C22H18ClF2N3O3S/c23-18-6-10-21(11-7-18)32(30,31)28(14-16-4-8-19(24)9-5-16)15-22(29)27-26-13-17-2-1-3-20(25)12-17/h1-13H,14-15H2,(H,27,29)/b26-13-. The molecule has 0 spiro atoms. The summed E-state index contributed by atoms with van der Waals surface area (Å²) in [5, 5.41) is 4.10. The zero-order valence-electron chi connectivity index (χ0n) is 16.6. The van der Waals surface area contributed by atoms with E-state index in [-0.39, 0.29) is 11.4 Å². The highest BCUT2D eigenvalue weighted by Crippen LogP contribution is 2.20. The van der Waals surface area contributed by atoms with Crippen LogP contribution < -0.4 is 5.43 Å². The van der Waals surface area contributed by atoms with Gasteiger partial charge in [-0.3, -0.25) is 4.79 Å². The number of hydrogen-bond acceptors (Lipinski definition) is 4. The fourth-order valence-corrected chi connectivity index (χ4v) is 4.25. The fourth-order valence-electron chi connectivity index (χ4n) is 2.74. The maximum Gasteiger partial charge on any atom is 0.255 e. The van der Waals surface area contributed by atoms with Crippen LogP contribution in [0.2, 0.25) is 5.02 Å². The number of rotatable bonds is 8. The third-order valence-electron chi connectivity index (χ3n) is 4.30. The molecule has 3 aromatic rings. The minimum absolute atomic E-state index is 0.0555. The molecule has 1 amide bonds. The Hall–Kier alpha value is -3.14. The average Bonchev–Trinajstić information content (AvgIpc) is 2.75. The van der Waals surface area contributed by atoms with E-state index in [1.54, 1.807) is 6.07 Å². The van der Waals surface area contributed by atoms with E-state index in [1.807, 2.05) is 0 Å². The molecule has 0 aliphatic rings. The molecule has 0 bridgehead atoms. The molecule has 0 radical (unpaired) electrons. The van der Waals surface area contributed by atoms with E-state index in [0.717, 1.165) is 4.31 Å². The number of benzene rings is 3. The summed E-state index contributed by atoms with van der Waals surface area (Å²) in [5.41, 5.74) is 3.13. The van der Waals surface area contributed by atoms with E-state index < -0.39 is 34.1 Å². The van der Waals surface area contributed by atoms with Crippen LogP contribution in [0.4, 0.5) is 8.78 Å². The highest BCUT2D eigenvalue weighted by molar-refractivity contribution is 7.89. The summed E-state index contributed by atoms with van der Waals surface area (Å²) in [7, 11) is -4.09. The molecule has 3 rings (SSSR count). The van der Waals surface area contributed by atoms with Crippen LogP contribution in [0.5, 0.6) is 0 Å². The topological polar surface area (TPSA) is 78.8 Å². The van der Waals surface area contributed by atoms with E-state index in [4.69, 9.17) is 11.6 Å². The van der Waals surface area contributed by atoms with Gasteiger partial charge in [0.15, 0.2) is 0 Å². The monoisotopic (exact) mass is 477 g/mol. The van der Waals surface area contributed by atoms with E-state index in [1.165, 1.54) is 72.9 Å². The van der Waals surface area contributed by atoms with Crippen LogP contribution in [0.15, 0.2) is 82.8 Å². The molecule has 1 N–H and O–H groups in total. The molecule has 32 heavy (non-hydrogen) atoms. The molecule has 0 atom stereocenters. The number of carbonyl (C=O) groups is 1. The number of carbonyl (C=O) groups excluding carboxylic acids is 1. The lowest BCUT2D eigenvalue weighted by molar-refractivity contribution is -0.121. The summed E-state index contributed by atoms with van der Waals surface area (Å²) < 4.78 is 53.7. The molecule has 0 unspecified atom stereocenters. The van der Waals surface area contributed by atoms with Crippen molar-refractivity contribution < 1.29 is 22.0 Å². The zero-order chi connectivity index (χ0) is 23.1. The first-order chi connectivity index (χ1) is 15.2. The number of halogens is 3. The summed E-state index contributed by atoms with van der Waals surface area (Å²) in [4.78, 5) is 12.3. The second-order valence-corrected chi connectivity index (χ2v) is 9.08. The summed E-state index contributed by atoms with van der Waals surface area (Å²) in [6.45, 7) is -0.727. The molecular weight excluding hydrogens is 460 g/mol. The van der Waals surface area contributed by atoms with Crippen molar-refractivity contribution in [3.05, 3.63) is 101 Å². The lowest BCUT2D eigenvalue weighted by Gasteiger charge is -2.21. The van der Waals surface area contributed by atoms with Gasteiger partial charge in [0.2, 0.25) is 10.0 Å². The first kappa shape index (κ1) is 23.5. The lowest BCUT2D eigenvalue weighted by atomic mass is 10.2. The smallest absolute Gasteiger partial charge is 0.255 e. The Balaban J connectivity index is 1.79. The molecule has 0 fully saturated rings. The second-order valence-electron chi connectivity index (χ2n) is 6.70. The normalized spacial score (nSPS) is 11.8. The SMILES string of the molecule is O=C(CN(Cc1ccc(F)cc1)S(=O)(=O)c1ccc(Cl)cc1)N/N=C\c1cccc(F)c1. The number of nitrogens with zero attached hydrogens (tertiary/aromatic N) is 2. The van der Waals surface area contributed by atoms with Crippen LogP contribution in [0.25, 0.3) is 0 Å². The number of hydrazone groups is 1. The van der Waals surface area contributed by atoms with Crippen LogP contribution in [0.1, 0.15) is 11.1 Å². The molecule has 0 heterocycles. The molecule has 10 heteroatoms. The van der Waals surface area contributed by atoms with Gasteiger partial charge in [0.1, 0.15) is 11.6 Å². The molecule has 0 saturated carbocycles. The van der Waals surface area contributed by atoms with E-state index in [0.29, 0.717) is 16.1 Å². The minimum atomic E-state index is -4.09. The van der Waals surface area contributed by atoms with Crippen LogP contribution in [0.3, 0.4) is 0 Å². The number of amides is 1. The predicted molar refractivity (Wildman–Crippen MR) is 118 cm³/mol. The Morgan fingerprint density at radius 1 is 1.00 bits per heavy atom. The Bertz CT molecular complexity index is 1220. The highest BCUT2D eigenvalue weighted by atomic mass is 35.5. The quantitative estimate of drug-likeness (QED) is 0.394. The van der Waals surface area contributed by atoms with Crippen LogP contribution in [-0.4, -0.2) is 31.4 Å². The molecule has 0 aliphatic carbocycles. The summed E-state index contributed by atoms with van der Waals surface area (Å²) in [5.74, 6) is -1.64. The van der Waals surface area contributed by atoms with Crippen molar-refractivity contribution in [1.29, 1.82) is 0 Å². The van der Waals surface area contributed by atoms with E-state index in [9.17, 15) is 22.0 Å². The highest BCUT2D eigenvalue weighted by Gasteiger charge is 2.27. The van der Waals surface area contributed by atoms with Gasteiger partial charge in [0, 0.05) is 11.6 Å². The molecule has 0 saturated heterocycles. The van der Waals surface area contributed by atoms with E-state index >= 15 is 0 Å². The molecule has 0 aliphatic heterocycles. The van der Waals surface area contributed by atoms with Crippen molar-refractivity contribution in [2.45, 2.75) is 11.4 Å².